The molecule has 0 saturated carbocycles. The van der Waals surface area contributed by atoms with Gasteiger partial charge in [0.1, 0.15) is 0 Å². The quantitative estimate of drug-likeness (QED) is 0.848. The van der Waals surface area contributed by atoms with Gasteiger partial charge in [-0.1, -0.05) is 42.5 Å². The van der Waals surface area contributed by atoms with Gasteiger partial charge in [-0.2, -0.15) is 0 Å². The van der Waals surface area contributed by atoms with E-state index in [1.54, 1.807) is 6.07 Å². The van der Waals surface area contributed by atoms with Crippen LogP contribution in [0.3, 0.4) is 0 Å². The number of hydrogen-bond acceptors (Lipinski definition) is 4. The summed E-state index contributed by atoms with van der Waals surface area (Å²) in [4.78, 5) is 14.0. The molecule has 1 unspecified atom stereocenters. The monoisotopic (exact) mass is 339 g/mol. The van der Waals surface area contributed by atoms with Crippen LogP contribution >= 0.6 is 0 Å². The van der Waals surface area contributed by atoms with E-state index >= 15 is 0 Å². The zero-order valence-electron chi connectivity index (χ0n) is 14.6. The Hall–Kier alpha value is -2.17. The van der Waals surface area contributed by atoms with E-state index in [-0.39, 0.29) is 12.1 Å². The first-order valence-electron chi connectivity index (χ1n) is 8.80. The van der Waals surface area contributed by atoms with Crippen molar-refractivity contribution in [3.63, 3.8) is 0 Å². The number of carbonyl (C=O) groups is 1. The van der Waals surface area contributed by atoms with Crippen LogP contribution in [0.4, 0.5) is 0 Å². The summed E-state index contributed by atoms with van der Waals surface area (Å²) in [5, 5.41) is 10.6. The van der Waals surface area contributed by atoms with Crippen molar-refractivity contribution in [2.45, 2.75) is 25.5 Å². The molecule has 0 bridgehead atoms. The Morgan fingerprint density at radius 2 is 1.88 bits per heavy atom. The van der Waals surface area contributed by atoms with E-state index in [0.717, 1.165) is 43.6 Å². The highest BCUT2D eigenvalue weighted by Gasteiger charge is 2.26. The van der Waals surface area contributed by atoms with E-state index in [0.29, 0.717) is 11.5 Å². The first-order valence-corrected chi connectivity index (χ1v) is 8.80. The minimum absolute atomic E-state index is 0.299. The van der Waals surface area contributed by atoms with Gasteiger partial charge in [0.2, 0.25) is 0 Å². The molecule has 4 nitrogen and oxygen atoms in total. The third-order valence-corrected chi connectivity index (χ3v) is 4.97. The Morgan fingerprint density at radius 1 is 1.16 bits per heavy atom. The van der Waals surface area contributed by atoms with Gasteiger partial charge < -0.3 is 9.84 Å². The number of piperidine rings is 1. The molecule has 1 N–H and O–H groups in total. The average Bonchev–Trinajstić information content (AvgIpc) is 2.68. The average molecular weight is 339 g/mol. The zero-order valence-corrected chi connectivity index (χ0v) is 14.6. The van der Waals surface area contributed by atoms with Crippen molar-refractivity contribution < 1.29 is 14.6 Å². The van der Waals surface area contributed by atoms with Gasteiger partial charge in [0.15, 0.2) is 0 Å². The van der Waals surface area contributed by atoms with Gasteiger partial charge >= 0.3 is 5.97 Å². The molecule has 3 rings (SSSR count). The van der Waals surface area contributed by atoms with Gasteiger partial charge in [-0.3, -0.25) is 4.90 Å². The Balaban J connectivity index is 1.55. The number of methoxy groups -OCH3 is 1. The number of ether oxygens (including phenoxy) is 1. The first kappa shape index (κ1) is 17.6. The Labute approximate surface area is 149 Å². The number of benzene rings is 2. The number of esters is 1. The summed E-state index contributed by atoms with van der Waals surface area (Å²) < 4.78 is 4.78. The number of aliphatic hydroxyl groups is 1. The van der Waals surface area contributed by atoms with Crippen LogP contribution in [-0.2, 0) is 11.3 Å². The zero-order chi connectivity index (χ0) is 17.6. The molecule has 0 aromatic heterocycles. The third-order valence-electron chi connectivity index (χ3n) is 4.97. The van der Waals surface area contributed by atoms with Crippen LogP contribution in [0.1, 0.15) is 40.4 Å². The Bertz CT molecular complexity index is 693. The molecule has 1 heterocycles. The fourth-order valence-electron chi connectivity index (χ4n) is 3.52. The SMILES string of the molecule is COC(=O)c1cccc(CN2CCC(C(O)c3ccccc3)CC2)c1. The lowest BCUT2D eigenvalue weighted by atomic mass is 9.87. The molecule has 1 fully saturated rings. The van der Waals surface area contributed by atoms with Gasteiger partial charge in [0.05, 0.1) is 18.8 Å². The lowest BCUT2D eigenvalue weighted by Gasteiger charge is -2.34. The van der Waals surface area contributed by atoms with Gasteiger partial charge in [-0.05, 0) is 55.1 Å². The topological polar surface area (TPSA) is 49.8 Å². The Kier molecular flexibility index (Phi) is 5.84. The minimum atomic E-state index is -0.383. The summed E-state index contributed by atoms with van der Waals surface area (Å²) in [6.45, 7) is 2.73. The summed E-state index contributed by atoms with van der Waals surface area (Å²) in [6, 6.07) is 17.5. The van der Waals surface area contributed by atoms with Crippen LogP contribution in [0.25, 0.3) is 0 Å². The number of rotatable bonds is 5. The number of nitrogens with zero attached hydrogens (tertiary/aromatic N) is 1. The smallest absolute Gasteiger partial charge is 0.337 e. The predicted molar refractivity (Wildman–Crippen MR) is 97.2 cm³/mol. The summed E-state index contributed by atoms with van der Waals surface area (Å²) in [6.07, 6.45) is 1.57. The summed E-state index contributed by atoms with van der Waals surface area (Å²) >= 11 is 0. The van der Waals surface area contributed by atoms with Gasteiger partial charge in [0.25, 0.3) is 0 Å². The number of carbonyl (C=O) groups excluding carboxylic acids is 1. The van der Waals surface area contributed by atoms with Gasteiger partial charge in [-0.25, -0.2) is 4.79 Å². The third kappa shape index (κ3) is 4.47. The fourth-order valence-corrected chi connectivity index (χ4v) is 3.52. The molecule has 1 saturated heterocycles. The van der Waals surface area contributed by atoms with Gasteiger partial charge in [-0.15, -0.1) is 0 Å². The van der Waals surface area contributed by atoms with Crippen LogP contribution in [0.15, 0.2) is 54.6 Å². The van der Waals surface area contributed by atoms with E-state index in [4.69, 9.17) is 4.74 Å². The second kappa shape index (κ2) is 8.28. The van der Waals surface area contributed by atoms with Crippen molar-refractivity contribution in [2.24, 2.45) is 5.92 Å². The predicted octanol–water partition coefficient (Wildman–Crippen LogP) is 3.42. The molecule has 132 valence electrons. The number of likely N-dealkylation sites (tertiary alicyclic amines) is 1. The van der Waals surface area contributed by atoms with Crippen LogP contribution in [0.2, 0.25) is 0 Å². The second-order valence-electron chi connectivity index (χ2n) is 6.66. The molecule has 0 aliphatic carbocycles. The number of hydrogen-bond donors (Lipinski definition) is 1. The molecule has 4 heteroatoms. The van der Waals surface area contributed by atoms with Crippen molar-refractivity contribution in [2.75, 3.05) is 20.2 Å². The summed E-state index contributed by atoms with van der Waals surface area (Å²) in [7, 11) is 1.40. The second-order valence-corrected chi connectivity index (χ2v) is 6.66. The van der Waals surface area contributed by atoms with Gasteiger partial charge in [0, 0.05) is 6.54 Å². The Morgan fingerprint density at radius 3 is 2.56 bits per heavy atom. The maximum Gasteiger partial charge on any atom is 0.337 e. The molecule has 0 radical (unpaired) electrons. The maximum absolute atomic E-state index is 11.6. The first-order chi connectivity index (χ1) is 12.2. The lowest BCUT2D eigenvalue weighted by molar-refractivity contribution is 0.0564. The molecule has 1 aliphatic heterocycles. The normalized spacial score (nSPS) is 17.2. The standard InChI is InChI=1S/C21H25NO3/c1-25-21(24)19-9-5-6-16(14-19)15-22-12-10-18(11-13-22)20(23)17-7-3-2-4-8-17/h2-9,14,18,20,23H,10-13,15H2,1H3. The summed E-state index contributed by atoms with van der Waals surface area (Å²) in [5.74, 6) is 0.00611. The van der Waals surface area contributed by atoms with Crippen LogP contribution in [0.5, 0.6) is 0 Å². The molecule has 25 heavy (non-hydrogen) atoms. The van der Waals surface area contributed by atoms with E-state index in [1.807, 2.05) is 48.5 Å². The molecule has 1 atom stereocenters. The summed E-state index contributed by atoms with van der Waals surface area (Å²) in [5.41, 5.74) is 2.71. The molecule has 2 aromatic rings. The molecule has 0 spiro atoms. The highest BCUT2D eigenvalue weighted by atomic mass is 16.5. The van der Waals surface area contributed by atoms with E-state index in [1.165, 1.54) is 7.11 Å². The molecule has 1 aliphatic rings. The molecule has 0 amide bonds. The molecular formula is C21H25NO3. The van der Waals surface area contributed by atoms with Crippen molar-refractivity contribution >= 4 is 5.97 Å². The van der Waals surface area contributed by atoms with Crippen LogP contribution in [-0.4, -0.2) is 36.2 Å². The van der Waals surface area contributed by atoms with E-state index in [2.05, 4.69) is 4.90 Å². The highest BCUT2D eigenvalue weighted by molar-refractivity contribution is 5.89. The van der Waals surface area contributed by atoms with E-state index < -0.39 is 0 Å². The fraction of sp³-hybridized carbons (Fsp3) is 0.381. The maximum atomic E-state index is 11.6. The largest absolute Gasteiger partial charge is 0.465 e. The van der Waals surface area contributed by atoms with Crippen molar-refractivity contribution in [3.8, 4) is 0 Å². The van der Waals surface area contributed by atoms with Crippen molar-refractivity contribution in [1.82, 2.24) is 4.90 Å². The van der Waals surface area contributed by atoms with E-state index in [9.17, 15) is 9.90 Å². The van der Waals surface area contributed by atoms with Crippen LogP contribution in [0, 0.1) is 5.92 Å². The lowest BCUT2D eigenvalue weighted by Crippen LogP contribution is -2.35. The molecular weight excluding hydrogens is 314 g/mol. The van der Waals surface area contributed by atoms with Crippen molar-refractivity contribution in [3.05, 3.63) is 71.3 Å². The minimum Gasteiger partial charge on any atom is -0.465 e. The highest BCUT2D eigenvalue weighted by Crippen LogP contribution is 2.31. The number of aliphatic hydroxyl groups excluding tert-OH is 1. The van der Waals surface area contributed by atoms with Crippen LogP contribution < -0.4 is 0 Å². The van der Waals surface area contributed by atoms with Crippen molar-refractivity contribution in [1.29, 1.82) is 0 Å². The molecule has 2 aromatic carbocycles.